The van der Waals surface area contributed by atoms with Gasteiger partial charge in [0.15, 0.2) is 0 Å². The molecule has 3 nitrogen and oxygen atoms in total. The van der Waals surface area contributed by atoms with E-state index >= 15 is 0 Å². The maximum atomic E-state index is 11.5. The van der Waals surface area contributed by atoms with Gasteiger partial charge in [-0.05, 0) is 46.0 Å². The van der Waals surface area contributed by atoms with E-state index in [4.69, 9.17) is 4.74 Å². The number of carbonyl (C=O) groups excluding carboxylic acids is 1. The second kappa shape index (κ2) is 18.0. The van der Waals surface area contributed by atoms with Crippen LogP contribution >= 0.6 is 0 Å². The molecule has 3 heteroatoms. The molecule has 0 saturated carbocycles. The average Bonchev–Trinajstić information content (AvgIpc) is 2.58. The molecule has 0 saturated heterocycles. The molecule has 2 atom stereocenters. The summed E-state index contributed by atoms with van der Waals surface area (Å²) in [6.45, 7) is 5.62. The Hall–Kier alpha value is -0.830. The van der Waals surface area contributed by atoms with Crippen LogP contribution in [0, 0.1) is 0 Å². The zero-order valence-corrected chi connectivity index (χ0v) is 17.0. The standard InChI is InChI=1S/C22H42O3/c1-4-5-6-7-8-9-10-11-12-13-14-15-16-17-18-19-22(24)25-21(3)20(2)23/h11-12,20-21,23H,4-10,13-19H2,1-3H3/b12-11-. The van der Waals surface area contributed by atoms with Gasteiger partial charge < -0.3 is 9.84 Å². The number of aliphatic hydroxyl groups excluding tert-OH is 1. The van der Waals surface area contributed by atoms with Crippen LogP contribution in [-0.4, -0.2) is 23.3 Å². The molecule has 0 bridgehead atoms. The first-order chi connectivity index (χ1) is 12.1. The Kier molecular flexibility index (Phi) is 17.4. The smallest absolute Gasteiger partial charge is 0.306 e. The molecular weight excluding hydrogens is 312 g/mol. The van der Waals surface area contributed by atoms with Gasteiger partial charge in [-0.2, -0.15) is 0 Å². The molecule has 0 amide bonds. The third-order valence-corrected chi connectivity index (χ3v) is 4.64. The van der Waals surface area contributed by atoms with Crippen molar-refractivity contribution in [3.05, 3.63) is 12.2 Å². The highest BCUT2D eigenvalue weighted by Crippen LogP contribution is 2.10. The molecule has 2 unspecified atom stereocenters. The van der Waals surface area contributed by atoms with E-state index < -0.39 is 12.2 Å². The van der Waals surface area contributed by atoms with Gasteiger partial charge in [0.25, 0.3) is 0 Å². The van der Waals surface area contributed by atoms with E-state index in [1.54, 1.807) is 13.8 Å². The number of carbonyl (C=O) groups is 1. The summed E-state index contributed by atoms with van der Waals surface area (Å²) >= 11 is 0. The number of esters is 1. The summed E-state index contributed by atoms with van der Waals surface area (Å²) in [5, 5.41) is 9.29. The van der Waals surface area contributed by atoms with E-state index in [2.05, 4.69) is 19.1 Å². The van der Waals surface area contributed by atoms with Gasteiger partial charge in [-0.15, -0.1) is 0 Å². The van der Waals surface area contributed by atoms with Crippen LogP contribution in [0.15, 0.2) is 12.2 Å². The van der Waals surface area contributed by atoms with Crippen LogP contribution in [-0.2, 0) is 9.53 Å². The molecular formula is C22H42O3. The lowest BCUT2D eigenvalue weighted by atomic mass is 10.1. The SMILES string of the molecule is CCCCCCCC/C=C\CCCCCCCC(=O)OC(C)C(C)O. The van der Waals surface area contributed by atoms with Crippen molar-refractivity contribution in [1.29, 1.82) is 0 Å². The van der Waals surface area contributed by atoms with Crippen molar-refractivity contribution < 1.29 is 14.6 Å². The van der Waals surface area contributed by atoms with Crippen LogP contribution in [0.4, 0.5) is 0 Å². The van der Waals surface area contributed by atoms with Crippen LogP contribution in [0.1, 0.15) is 111 Å². The summed E-state index contributed by atoms with van der Waals surface area (Å²) in [5.41, 5.74) is 0. The fourth-order valence-corrected chi connectivity index (χ4v) is 2.70. The van der Waals surface area contributed by atoms with Gasteiger partial charge in [-0.25, -0.2) is 0 Å². The van der Waals surface area contributed by atoms with Crippen molar-refractivity contribution in [2.75, 3.05) is 0 Å². The highest BCUT2D eigenvalue weighted by molar-refractivity contribution is 5.69. The van der Waals surface area contributed by atoms with Gasteiger partial charge in [0.2, 0.25) is 0 Å². The second-order valence-electron chi connectivity index (χ2n) is 7.27. The molecule has 0 aliphatic heterocycles. The molecule has 0 spiro atoms. The lowest BCUT2D eigenvalue weighted by Gasteiger charge is -2.15. The molecule has 0 aromatic heterocycles. The predicted octanol–water partition coefficient (Wildman–Crippen LogP) is 6.34. The summed E-state index contributed by atoms with van der Waals surface area (Å²) in [4.78, 5) is 11.5. The summed E-state index contributed by atoms with van der Waals surface area (Å²) in [5.74, 6) is -0.189. The third-order valence-electron chi connectivity index (χ3n) is 4.64. The van der Waals surface area contributed by atoms with Crippen LogP contribution in [0.25, 0.3) is 0 Å². The van der Waals surface area contributed by atoms with Gasteiger partial charge in [0, 0.05) is 6.42 Å². The topological polar surface area (TPSA) is 46.5 Å². The quantitative estimate of drug-likeness (QED) is 0.188. The molecule has 0 rings (SSSR count). The minimum absolute atomic E-state index is 0.189. The first kappa shape index (κ1) is 24.2. The number of hydrogen-bond donors (Lipinski definition) is 1. The number of unbranched alkanes of at least 4 members (excludes halogenated alkanes) is 11. The maximum Gasteiger partial charge on any atom is 0.306 e. The highest BCUT2D eigenvalue weighted by atomic mass is 16.6. The fraction of sp³-hybridized carbons (Fsp3) is 0.864. The molecule has 0 aromatic rings. The molecule has 0 heterocycles. The number of allylic oxidation sites excluding steroid dienone is 2. The Morgan fingerprint density at radius 1 is 0.840 bits per heavy atom. The number of aliphatic hydroxyl groups is 1. The molecule has 1 N–H and O–H groups in total. The van der Waals surface area contributed by atoms with E-state index in [-0.39, 0.29) is 5.97 Å². The van der Waals surface area contributed by atoms with Crippen LogP contribution in [0.5, 0.6) is 0 Å². The van der Waals surface area contributed by atoms with Gasteiger partial charge in [0.05, 0.1) is 6.10 Å². The lowest BCUT2D eigenvalue weighted by Crippen LogP contribution is -2.25. The van der Waals surface area contributed by atoms with Crippen molar-refractivity contribution in [2.24, 2.45) is 0 Å². The van der Waals surface area contributed by atoms with E-state index in [1.807, 2.05) is 0 Å². The largest absolute Gasteiger partial charge is 0.460 e. The monoisotopic (exact) mass is 354 g/mol. The van der Waals surface area contributed by atoms with Gasteiger partial charge >= 0.3 is 5.97 Å². The molecule has 0 aromatic carbocycles. The summed E-state index contributed by atoms with van der Waals surface area (Å²) in [6, 6.07) is 0. The third kappa shape index (κ3) is 17.8. The van der Waals surface area contributed by atoms with Crippen molar-refractivity contribution >= 4 is 5.97 Å². The minimum Gasteiger partial charge on any atom is -0.460 e. The molecule has 0 radical (unpaired) electrons. The Labute approximate surface area is 156 Å². The Bertz CT molecular complexity index is 323. The number of hydrogen-bond acceptors (Lipinski definition) is 3. The Balaban J connectivity index is 3.28. The summed E-state index contributed by atoms with van der Waals surface area (Å²) < 4.78 is 5.13. The number of rotatable bonds is 17. The average molecular weight is 355 g/mol. The van der Waals surface area contributed by atoms with Crippen LogP contribution in [0.2, 0.25) is 0 Å². The molecule has 0 fully saturated rings. The zero-order valence-electron chi connectivity index (χ0n) is 17.0. The van der Waals surface area contributed by atoms with E-state index in [0.29, 0.717) is 6.42 Å². The first-order valence-corrected chi connectivity index (χ1v) is 10.6. The zero-order chi connectivity index (χ0) is 18.8. The minimum atomic E-state index is -0.599. The van der Waals surface area contributed by atoms with Crippen LogP contribution < -0.4 is 0 Å². The Morgan fingerprint density at radius 2 is 1.32 bits per heavy atom. The van der Waals surface area contributed by atoms with Gasteiger partial charge in [-0.1, -0.05) is 70.4 Å². The van der Waals surface area contributed by atoms with Crippen molar-refractivity contribution in [3.8, 4) is 0 Å². The fourth-order valence-electron chi connectivity index (χ4n) is 2.70. The van der Waals surface area contributed by atoms with Crippen LogP contribution in [0.3, 0.4) is 0 Å². The van der Waals surface area contributed by atoms with E-state index in [9.17, 15) is 9.90 Å². The van der Waals surface area contributed by atoms with Gasteiger partial charge in [-0.3, -0.25) is 4.79 Å². The molecule has 148 valence electrons. The van der Waals surface area contributed by atoms with E-state index in [0.717, 1.165) is 12.8 Å². The number of ether oxygens (including phenoxy) is 1. The molecule has 0 aliphatic rings. The molecule has 25 heavy (non-hydrogen) atoms. The maximum absolute atomic E-state index is 11.5. The first-order valence-electron chi connectivity index (χ1n) is 10.6. The molecule has 0 aliphatic carbocycles. The van der Waals surface area contributed by atoms with Gasteiger partial charge in [0.1, 0.15) is 6.10 Å². The van der Waals surface area contributed by atoms with E-state index in [1.165, 1.54) is 70.6 Å². The lowest BCUT2D eigenvalue weighted by molar-refractivity contribution is -0.153. The second-order valence-corrected chi connectivity index (χ2v) is 7.27. The predicted molar refractivity (Wildman–Crippen MR) is 107 cm³/mol. The van der Waals surface area contributed by atoms with Crippen molar-refractivity contribution in [2.45, 2.75) is 123 Å². The summed E-state index contributed by atoms with van der Waals surface area (Å²) in [6.07, 6.45) is 20.4. The highest BCUT2D eigenvalue weighted by Gasteiger charge is 2.13. The van der Waals surface area contributed by atoms with Crippen molar-refractivity contribution in [1.82, 2.24) is 0 Å². The Morgan fingerprint density at radius 3 is 1.84 bits per heavy atom. The summed E-state index contributed by atoms with van der Waals surface area (Å²) in [7, 11) is 0. The van der Waals surface area contributed by atoms with Crippen molar-refractivity contribution in [3.63, 3.8) is 0 Å². The normalized spacial score (nSPS) is 13.9.